The topological polar surface area (TPSA) is 86.0 Å². The maximum Gasteiger partial charge on any atom is 0.410 e. The lowest BCUT2D eigenvalue weighted by atomic mass is 9.97. The third kappa shape index (κ3) is 5.97. The van der Waals surface area contributed by atoms with Crippen molar-refractivity contribution in [2.75, 3.05) is 10.6 Å². The Hall–Kier alpha value is -5.06. The van der Waals surface area contributed by atoms with Gasteiger partial charge >= 0.3 is 6.18 Å². The van der Waals surface area contributed by atoms with Gasteiger partial charge in [-0.05, 0) is 49.2 Å². The number of carbonyl (C=O) groups is 1. The third-order valence-electron chi connectivity index (χ3n) is 7.45. The zero-order valence-electron chi connectivity index (χ0n) is 23.5. The molecule has 0 spiro atoms. The molecule has 3 heterocycles. The van der Waals surface area contributed by atoms with E-state index < -0.39 is 24.2 Å². The van der Waals surface area contributed by atoms with Crippen LogP contribution in [0.5, 0.6) is 11.5 Å². The summed E-state index contributed by atoms with van der Waals surface area (Å²) in [7, 11) is 0. The number of aromatic nitrogens is 4. The van der Waals surface area contributed by atoms with Crippen molar-refractivity contribution in [2.45, 2.75) is 45.1 Å². The molecule has 0 bridgehead atoms. The Balaban J connectivity index is 1.20. The van der Waals surface area contributed by atoms with E-state index in [4.69, 9.17) is 4.74 Å². The van der Waals surface area contributed by atoms with Gasteiger partial charge in [0.25, 0.3) is 5.91 Å². The number of amides is 1. The number of benzene rings is 3. The van der Waals surface area contributed by atoms with Gasteiger partial charge in [0.1, 0.15) is 17.3 Å². The van der Waals surface area contributed by atoms with E-state index in [1.807, 2.05) is 67.6 Å². The Morgan fingerprint density at radius 3 is 2.37 bits per heavy atom. The first-order valence-electron chi connectivity index (χ1n) is 13.8. The van der Waals surface area contributed by atoms with Crippen LogP contribution in [0.15, 0.2) is 91.0 Å². The van der Waals surface area contributed by atoms with Crippen molar-refractivity contribution >= 4 is 17.4 Å². The van der Waals surface area contributed by atoms with Gasteiger partial charge in [-0.2, -0.15) is 23.4 Å². The maximum absolute atomic E-state index is 14.1. The van der Waals surface area contributed by atoms with Gasteiger partial charge in [0.15, 0.2) is 11.7 Å². The van der Waals surface area contributed by atoms with Gasteiger partial charge in [-0.1, -0.05) is 60.7 Å². The molecule has 3 aromatic carbocycles. The van der Waals surface area contributed by atoms with Gasteiger partial charge in [-0.25, -0.2) is 4.68 Å². The number of para-hydroxylation sites is 1. The minimum atomic E-state index is -4.54. The van der Waals surface area contributed by atoms with Crippen molar-refractivity contribution in [2.24, 2.45) is 0 Å². The maximum atomic E-state index is 14.1. The summed E-state index contributed by atoms with van der Waals surface area (Å²) in [5.74, 6) is 0.922. The molecular formula is C32H29F3N6O2. The van der Waals surface area contributed by atoms with Crippen molar-refractivity contribution in [3.8, 4) is 11.5 Å². The number of alkyl halides is 3. The van der Waals surface area contributed by atoms with Gasteiger partial charge in [0, 0.05) is 12.5 Å². The number of carbonyl (C=O) groups excluding carboxylic acids is 1. The molecule has 1 aliphatic heterocycles. The van der Waals surface area contributed by atoms with Crippen molar-refractivity contribution in [1.29, 1.82) is 0 Å². The zero-order valence-corrected chi connectivity index (χ0v) is 23.5. The average Bonchev–Trinajstić information content (AvgIpc) is 3.54. The second-order valence-corrected chi connectivity index (χ2v) is 10.5. The molecule has 1 aliphatic rings. The Morgan fingerprint density at radius 2 is 1.65 bits per heavy atom. The molecule has 43 heavy (non-hydrogen) atoms. The molecule has 0 aliphatic carbocycles. The summed E-state index contributed by atoms with van der Waals surface area (Å²) in [6, 6.07) is 24.9. The monoisotopic (exact) mass is 586 g/mol. The number of hydrogen-bond donors (Lipinski definition) is 2. The first kappa shape index (κ1) is 28.1. The van der Waals surface area contributed by atoms with E-state index in [1.54, 1.807) is 35.9 Å². The number of ether oxygens (including phenoxy) is 1. The Morgan fingerprint density at radius 1 is 0.953 bits per heavy atom. The molecule has 11 heteroatoms. The molecule has 0 saturated carbocycles. The summed E-state index contributed by atoms with van der Waals surface area (Å²) >= 11 is 0. The highest BCUT2D eigenvalue weighted by Gasteiger charge is 2.46. The fourth-order valence-electron chi connectivity index (χ4n) is 5.30. The number of hydrogen-bond acceptors (Lipinski definition) is 5. The first-order chi connectivity index (χ1) is 20.7. The van der Waals surface area contributed by atoms with Crippen LogP contribution in [0.4, 0.5) is 24.7 Å². The average molecular weight is 587 g/mol. The summed E-state index contributed by atoms with van der Waals surface area (Å²) in [5.41, 5.74) is 3.29. The van der Waals surface area contributed by atoms with Crippen molar-refractivity contribution in [3.63, 3.8) is 0 Å². The highest BCUT2D eigenvalue weighted by Crippen LogP contribution is 2.43. The minimum absolute atomic E-state index is 0.122. The molecule has 1 amide bonds. The van der Waals surface area contributed by atoms with Gasteiger partial charge in [-0.15, -0.1) is 0 Å². The molecule has 0 saturated heterocycles. The number of rotatable bonds is 7. The molecule has 8 nitrogen and oxygen atoms in total. The largest absolute Gasteiger partial charge is 0.457 e. The highest BCUT2D eigenvalue weighted by molar-refractivity contribution is 6.04. The molecule has 220 valence electrons. The number of aryl methyl sites for hydroxylation is 1. The van der Waals surface area contributed by atoms with Gasteiger partial charge in [0.05, 0.1) is 29.7 Å². The van der Waals surface area contributed by atoms with Crippen LogP contribution in [0.25, 0.3) is 0 Å². The molecule has 2 N–H and O–H groups in total. The summed E-state index contributed by atoms with van der Waals surface area (Å²) in [5, 5.41) is 14.6. The lowest BCUT2D eigenvalue weighted by Crippen LogP contribution is -2.35. The van der Waals surface area contributed by atoms with Crippen LogP contribution in [-0.4, -0.2) is 31.6 Å². The minimum Gasteiger partial charge on any atom is -0.457 e. The number of fused-ring (bicyclic) bond motifs is 1. The predicted molar refractivity (Wildman–Crippen MR) is 156 cm³/mol. The summed E-state index contributed by atoms with van der Waals surface area (Å²) in [4.78, 5) is 13.3. The molecule has 0 unspecified atom stereocenters. The lowest BCUT2D eigenvalue weighted by molar-refractivity contribution is -0.173. The molecule has 0 radical (unpaired) electrons. The number of anilines is 2. The quantitative estimate of drug-likeness (QED) is 0.207. The Kier molecular flexibility index (Phi) is 7.39. The Bertz CT molecular complexity index is 1750. The SMILES string of the molecule is Cc1nn(Cc2cccc(Oc3ccccc3)c2)c(C)c1NC(=O)c1cc2n(n1)[C@@H](C(F)(F)F)C[C@@H](c1ccccc1)N2. The van der Waals surface area contributed by atoms with E-state index in [2.05, 4.69) is 20.8 Å². The predicted octanol–water partition coefficient (Wildman–Crippen LogP) is 7.45. The Labute approximate surface area is 246 Å². The van der Waals surface area contributed by atoms with Gasteiger partial charge in [-0.3, -0.25) is 9.48 Å². The summed E-state index contributed by atoms with van der Waals surface area (Å²) < 4.78 is 50.8. The number of nitrogens with zero attached hydrogens (tertiary/aromatic N) is 4. The van der Waals surface area contributed by atoms with E-state index in [1.165, 1.54) is 6.07 Å². The van der Waals surface area contributed by atoms with E-state index in [9.17, 15) is 18.0 Å². The van der Waals surface area contributed by atoms with Crippen LogP contribution < -0.4 is 15.4 Å². The summed E-state index contributed by atoms with van der Waals surface area (Å²) in [6.45, 7) is 4.01. The van der Waals surface area contributed by atoms with Crippen LogP contribution in [0.1, 0.15) is 51.5 Å². The number of nitrogens with one attached hydrogen (secondary N) is 2. The van der Waals surface area contributed by atoms with E-state index in [0.717, 1.165) is 21.6 Å². The molecule has 6 rings (SSSR count). The van der Waals surface area contributed by atoms with Crippen LogP contribution in [0.3, 0.4) is 0 Å². The standard InChI is InChI=1S/C32H29F3N6O2/c1-20-30(21(2)40(38-20)19-22-10-9-15-25(16-22)43-24-13-7-4-8-14-24)37-31(42)27-18-29-36-26(23-11-5-3-6-12-23)17-28(32(33,34)35)41(29)39-27/h3-16,18,26,28,36H,17,19H2,1-2H3,(H,37,42)/t26-,28+/m0/s1. The second kappa shape index (κ2) is 11.3. The van der Waals surface area contributed by atoms with Crippen molar-refractivity contribution < 1.29 is 22.7 Å². The zero-order chi connectivity index (χ0) is 30.1. The van der Waals surface area contributed by atoms with Crippen molar-refractivity contribution in [1.82, 2.24) is 19.6 Å². The van der Waals surface area contributed by atoms with E-state index >= 15 is 0 Å². The normalized spacial score (nSPS) is 16.3. The fraction of sp³-hybridized carbons (Fsp3) is 0.219. The molecule has 5 aromatic rings. The first-order valence-corrected chi connectivity index (χ1v) is 13.8. The van der Waals surface area contributed by atoms with Crippen molar-refractivity contribution in [3.05, 3.63) is 119 Å². The summed E-state index contributed by atoms with van der Waals surface area (Å²) in [6.07, 6.45) is -4.78. The van der Waals surface area contributed by atoms with Crippen LogP contribution >= 0.6 is 0 Å². The van der Waals surface area contributed by atoms with E-state index in [0.29, 0.717) is 29.4 Å². The van der Waals surface area contributed by atoms with Crippen LogP contribution in [-0.2, 0) is 6.54 Å². The fourth-order valence-corrected chi connectivity index (χ4v) is 5.30. The molecule has 2 atom stereocenters. The van der Waals surface area contributed by atoms with E-state index in [-0.39, 0.29) is 17.9 Å². The lowest BCUT2D eigenvalue weighted by Gasteiger charge is -2.33. The second-order valence-electron chi connectivity index (χ2n) is 10.5. The third-order valence-corrected chi connectivity index (χ3v) is 7.45. The highest BCUT2D eigenvalue weighted by atomic mass is 19.4. The number of halogens is 3. The molecular weight excluding hydrogens is 557 g/mol. The van der Waals surface area contributed by atoms with Gasteiger partial charge < -0.3 is 15.4 Å². The smallest absolute Gasteiger partial charge is 0.410 e. The molecule has 2 aromatic heterocycles. The van der Waals surface area contributed by atoms with Crippen LogP contribution in [0.2, 0.25) is 0 Å². The molecule has 0 fully saturated rings. The van der Waals surface area contributed by atoms with Gasteiger partial charge in [0.2, 0.25) is 0 Å². The van der Waals surface area contributed by atoms with Crippen LogP contribution in [0, 0.1) is 13.8 Å².